The zero-order valence-electron chi connectivity index (χ0n) is 13.4. The number of cyclic esters (lactones) is 1. The van der Waals surface area contributed by atoms with Crippen LogP contribution >= 0.6 is 23.2 Å². The second kappa shape index (κ2) is 7.17. The third-order valence-corrected chi connectivity index (χ3v) is 4.26. The lowest BCUT2D eigenvalue weighted by molar-refractivity contribution is -0.129. The number of hydrogen-bond acceptors (Lipinski definition) is 5. The summed E-state index contributed by atoms with van der Waals surface area (Å²) in [4.78, 5) is 16.3. The molecule has 2 aromatic carbocycles. The van der Waals surface area contributed by atoms with Crippen molar-refractivity contribution in [3.63, 3.8) is 0 Å². The SMILES string of the molecule is COc1ccc(/C=C2\N=C(c3ccc(Cl)c(Cl)c3)OC2=O)c(OC)c1. The van der Waals surface area contributed by atoms with Crippen LogP contribution in [-0.2, 0) is 9.53 Å². The van der Waals surface area contributed by atoms with Crippen molar-refractivity contribution in [2.24, 2.45) is 4.99 Å². The van der Waals surface area contributed by atoms with Crippen LogP contribution in [0.3, 0.4) is 0 Å². The summed E-state index contributed by atoms with van der Waals surface area (Å²) in [7, 11) is 3.10. The number of methoxy groups -OCH3 is 2. The molecule has 2 aromatic rings. The Kier molecular flexibility index (Phi) is 4.97. The Morgan fingerprint density at radius 2 is 1.84 bits per heavy atom. The molecule has 0 fully saturated rings. The quantitative estimate of drug-likeness (QED) is 0.586. The highest BCUT2D eigenvalue weighted by atomic mass is 35.5. The minimum atomic E-state index is -0.557. The maximum atomic E-state index is 12.1. The van der Waals surface area contributed by atoms with E-state index < -0.39 is 5.97 Å². The summed E-state index contributed by atoms with van der Waals surface area (Å²) in [5.74, 6) is 0.812. The molecule has 3 rings (SSSR count). The van der Waals surface area contributed by atoms with Gasteiger partial charge in [0.05, 0.1) is 24.3 Å². The number of rotatable bonds is 4. The molecule has 0 saturated heterocycles. The molecule has 0 aromatic heterocycles. The number of aliphatic imine (C=N–C) groups is 1. The van der Waals surface area contributed by atoms with Crippen LogP contribution in [0.4, 0.5) is 0 Å². The second-order valence-corrected chi connectivity index (χ2v) is 5.89. The Morgan fingerprint density at radius 3 is 2.52 bits per heavy atom. The molecule has 0 unspecified atom stereocenters. The van der Waals surface area contributed by atoms with Gasteiger partial charge in [-0.05, 0) is 36.4 Å². The topological polar surface area (TPSA) is 57.1 Å². The highest BCUT2D eigenvalue weighted by Gasteiger charge is 2.25. The van der Waals surface area contributed by atoms with Crippen LogP contribution in [0.5, 0.6) is 11.5 Å². The molecule has 5 nitrogen and oxygen atoms in total. The molecule has 0 amide bonds. The molecule has 7 heteroatoms. The lowest BCUT2D eigenvalue weighted by atomic mass is 10.1. The lowest BCUT2D eigenvalue weighted by Gasteiger charge is -2.07. The van der Waals surface area contributed by atoms with Crippen molar-refractivity contribution in [1.82, 2.24) is 0 Å². The van der Waals surface area contributed by atoms with E-state index >= 15 is 0 Å². The first-order valence-corrected chi connectivity index (χ1v) is 7.97. The monoisotopic (exact) mass is 377 g/mol. The summed E-state index contributed by atoms with van der Waals surface area (Å²) < 4.78 is 15.7. The van der Waals surface area contributed by atoms with E-state index in [1.54, 1.807) is 49.6 Å². The molecule has 0 radical (unpaired) electrons. The predicted octanol–water partition coefficient (Wildman–Crippen LogP) is 4.36. The first-order valence-electron chi connectivity index (χ1n) is 7.22. The Labute approximate surface area is 154 Å². The van der Waals surface area contributed by atoms with Crippen molar-refractivity contribution < 1.29 is 19.0 Å². The molecule has 0 bridgehead atoms. The van der Waals surface area contributed by atoms with E-state index in [9.17, 15) is 4.79 Å². The van der Waals surface area contributed by atoms with Gasteiger partial charge in [-0.25, -0.2) is 9.79 Å². The van der Waals surface area contributed by atoms with Gasteiger partial charge in [-0.2, -0.15) is 0 Å². The second-order valence-electron chi connectivity index (χ2n) is 5.07. The third-order valence-electron chi connectivity index (χ3n) is 3.52. The summed E-state index contributed by atoms with van der Waals surface area (Å²) in [6.45, 7) is 0. The largest absolute Gasteiger partial charge is 0.497 e. The van der Waals surface area contributed by atoms with Gasteiger partial charge in [0.2, 0.25) is 5.90 Å². The molecule has 1 heterocycles. The Bertz CT molecular complexity index is 906. The Hall–Kier alpha value is -2.50. The maximum Gasteiger partial charge on any atom is 0.363 e. The average molecular weight is 378 g/mol. The third kappa shape index (κ3) is 3.62. The molecular weight excluding hydrogens is 365 g/mol. The molecule has 0 spiro atoms. The van der Waals surface area contributed by atoms with E-state index in [-0.39, 0.29) is 11.6 Å². The Morgan fingerprint density at radius 1 is 1.04 bits per heavy atom. The maximum absolute atomic E-state index is 12.1. The van der Waals surface area contributed by atoms with Gasteiger partial charge < -0.3 is 14.2 Å². The highest BCUT2D eigenvalue weighted by molar-refractivity contribution is 6.42. The number of esters is 1. The van der Waals surface area contributed by atoms with Crippen molar-refractivity contribution in [1.29, 1.82) is 0 Å². The molecule has 0 N–H and O–H groups in total. The van der Waals surface area contributed by atoms with Gasteiger partial charge in [-0.1, -0.05) is 23.2 Å². The molecule has 0 atom stereocenters. The molecule has 1 aliphatic rings. The van der Waals surface area contributed by atoms with Gasteiger partial charge >= 0.3 is 5.97 Å². The van der Waals surface area contributed by atoms with Crippen LogP contribution < -0.4 is 9.47 Å². The van der Waals surface area contributed by atoms with Gasteiger partial charge in [0, 0.05) is 17.2 Å². The smallest absolute Gasteiger partial charge is 0.363 e. The van der Waals surface area contributed by atoms with E-state index in [2.05, 4.69) is 4.99 Å². The summed E-state index contributed by atoms with van der Waals surface area (Å²) >= 11 is 11.9. The minimum Gasteiger partial charge on any atom is -0.497 e. The minimum absolute atomic E-state index is 0.157. The van der Waals surface area contributed by atoms with E-state index in [1.165, 1.54) is 7.11 Å². The van der Waals surface area contributed by atoms with E-state index in [0.717, 1.165) is 0 Å². The standard InChI is InChI=1S/C18H13Cl2NO4/c1-23-12-5-3-10(16(9-12)24-2)8-15-18(22)25-17(21-15)11-4-6-13(19)14(20)7-11/h3-9H,1-2H3/b15-8-. The molecule has 128 valence electrons. The van der Waals surface area contributed by atoms with Crippen LogP contribution in [0, 0.1) is 0 Å². The molecule has 1 aliphatic heterocycles. The predicted molar refractivity (Wildman–Crippen MR) is 96.6 cm³/mol. The highest BCUT2D eigenvalue weighted by Crippen LogP contribution is 2.29. The van der Waals surface area contributed by atoms with Crippen molar-refractivity contribution in [3.05, 3.63) is 63.3 Å². The van der Waals surface area contributed by atoms with Gasteiger partial charge in [-0.15, -0.1) is 0 Å². The van der Waals surface area contributed by atoms with Crippen molar-refractivity contribution >= 4 is 41.1 Å². The number of benzene rings is 2. The van der Waals surface area contributed by atoms with Gasteiger partial charge in [-0.3, -0.25) is 0 Å². The summed E-state index contributed by atoms with van der Waals surface area (Å²) in [6.07, 6.45) is 1.59. The fourth-order valence-electron chi connectivity index (χ4n) is 2.25. The zero-order chi connectivity index (χ0) is 18.0. The summed E-state index contributed by atoms with van der Waals surface area (Å²) in [5.41, 5.74) is 1.40. The summed E-state index contributed by atoms with van der Waals surface area (Å²) in [6, 6.07) is 10.1. The zero-order valence-corrected chi connectivity index (χ0v) is 14.9. The number of ether oxygens (including phenoxy) is 3. The number of carbonyl (C=O) groups excluding carboxylic acids is 1. The molecule has 0 aliphatic carbocycles. The van der Waals surface area contributed by atoms with Crippen molar-refractivity contribution in [3.8, 4) is 11.5 Å². The number of hydrogen-bond donors (Lipinski definition) is 0. The lowest BCUT2D eigenvalue weighted by Crippen LogP contribution is -2.05. The van der Waals surface area contributed by atoms with Crippen LogP contribution in [-0.4, -0.2) is 26.1 Å². The van der Waals surface area contributed by atoms with Crippen molar-refractivity contribution in [2.45, 2.75) is 0 Å². The average Bonchev–Trinajstić information content (AvgIpc) is 2.98. The van der Waals surface area contributed by atoms with Crippen LogP contribution in [0.1, 0.15) is 11.1 Å². The van der Waals surface area contributed by atoms with Crippen LogP contribution in [0.25, 0.3) is 6.08 Å². The van der Waals surface area contributed by atoms with Gasteiger partial charge in [0.1, 0.15) is 11.5 Å². The van der Waals surface area contributed by atoms with Crippen LogP contribution in [0.15, 0.2) is 47.1 Å². The van der Waals surface area contributed by atoms with Gasteiger partial charge in [0.25, 0.3) is 0 Å². The fraction of sp³-hybridized carbons (Fsp3) is 0.111. The summed E-state index contributed by atoms with van der Waals surface area (Å²) in [5, 5.41) is 0.765. The van der Waals surface area contributed by atoms with E-state index in [1.807, 2.05) is 0 Å². The first kappa shape index (κ1) is 17.3. The van der Waals surface area contributed by atoms with Crippen LogP contribution in [0.2, 0.25) is 10.0 Å². The van der Waals surface area contributed by atoms with E-state index in [0.29, 0.717) is 32.7 Å². The van der Waals surface area contributed by atoms with E-state index in [4.69, 9.17) is 37.4 Å². The number of nitrogens with zero attached hydrogens (tertiary/aromatic N) is 1. The fourth-order valence-corrected chi connectivity index (χ4v) is 2.54. The normalized spacial score (nSPS) is 15.1. The number of carbonyl (C=O) groups is 1. The first-order chi connectivity index (χ1) is 12.0. The molecule has 25 heavy (non-hydrogen) atoms. The molecule has 0 saturated carbocycles. The van der Waals surface area contributed by atoms with Crippen molar-refractivity contribution in [2.75, 3.05) is 14.2 Å². The molecular formula is C18H13Cl2NO4. The Balaban J connectivity index is 1.97. The number of halogens is 2. The van der Waals surface area contributed by atoms with Gasteiger partial charge in [0.15, 0.2) is 5.70 Å².